The van der Waals surface area contributed by atoms with Crippen LogP contribution < -0.4 is 0 Å². The quantitative estimate of drug-likeness (QED) is 0.169. The van der Waals surface area contributed by atoms with Crippen molar-refractivity contribution in [2.75, 3.05) is 26.4 Å². The summed E-state index contributed by atoms with van der Waals surface area (Å²) in [6.45, 7) is 11.5. The molecule has 2 heterocycles. The van der Waals surface area contributed by atoms with Crippen LogP contribution in [0.5, 0.6) is 0 Å². The Morgan fingerprint density at radius 2 is 1.29 bits per heavy atom. The van der Waals surface area contributed by atoms with Crippen molar-refractivity contribution in [2.24, 2.45) is 10.8 Å². The number of unbranched alkanes of at least 4 members (excludes halogenated alkanes) is 1. The maximum atomic E-state index is 11.5. The zero-order valence-electron chi connectivity index (χ0n) is 22.5. The van der Waals surface area contributed by atoms with Crippen LogP contribution in [0.25, 0.3) is 0 Å². The predicted octanol–water partition coefficient (Wildman–Crippen LogP) is 6.33. The third-order valence-electron chi connectivity index (χ3n) is 6.89. The van der Waals surface area contributed by atoms with Crippen LogP contribution in [-0.2, 0) is 28.0 Å². The normalized spacial score (nSPS) is 23.4. The first kappa shape index (κ1) is 31.2. The van der Waals surface area contributed by atoms with E-state index >= 15 is 0 Å². The lowest BCUT2D eigenvalue weighted by Crippen LogP contribution is -2.28. The van der Waals surface area contributed by atoms with Crippen molar-refractivity contribution in [3.8, 4) is 0 Å². The van der Waals surface area contributed by atoms with Crippen molar-refractivity contribution in [2.45, 2.75) is 130 Å². The van der Waals surface area contributed by atoms with E-state index in [9.17, 15) is 14.4 Å². The molecule has 2 saturated heterocycles. The van der Waals surface area contributed by atoms with E-state index in [-0.39, 0.29) is 23.4 Å². The van der Waals surface area contributed by atoms with Crippen molar-refractivity contribution in [1.82, 2.24) is 0 Å². The van der Waals surface area contributed by atoms with Crippen LogP contribution in [0.3, 0.4) is 0 Å². The second kappa shape index (κ2) is 15.4. The third-order valence-corrected chi connectivity index (χ3v) is 7.46. The minimum atomic E-state index is -4.52. The van der Waals surface area contributed by atoms with Crippen molar-refractivity contribution in [3.63, 3.8) is 0 Å². The minimum Gasteiger partial charge on any atom is -0.353 e. The van der Waals surface area contributed by atoms with E-state index in [2.05, 4.69) is 27.7 Å². The lowest BCUT2D eigenvalue weighted by atomic mass is 9.86. The zero-order valence-corrected chi connectivity index (χ0v) is 23.4. The van der Waals surface area contributed by atoms with Crippen molar-refractivity contribution in [1.29, 1.82) is 0 Å². The Hall–Kier alpha value is -0.0500. The summed E-state index contributed by atoms with van der Waals surface area (Å²) < 4.78 is 39.9. The molecule has 2 fully saturated rings. The predicted molar refractivity (Wildman–Crippen MR) is 136 cm³/mol. The monoisotopic (exact) mass is 522 g/mol. The van der Waals surface area contributed by atoms with Gasteiger partial charge < -0.3 is 28.7 Å². The number of ether oxygens (including phenoxy) is 4. The summed E-state index contributed by atoms with van der Waals surface area (Å²) in [4.78, 5) is 18.8. The molecule has 2 N–H and O–H groups in total. The van der Waals surface area contributed by atoms with Gasteiger partial charge in [0.05, 0.1) is 19.3 Å². The van der Waals surface area contributed by atoms with E-state index in [1.54, 1.807) is 0 Å². The van der Waals surface area contributed by atoms with Crippen molar-refractivity contribution in [3.05, 3.63) is 0 Å². The van der Waals surface area contributed by atoms with Crippen LogP contribution >= 0.6 is 7.82 Å². The molecule has 0 spiro atoms. The Morgan fingerprint density at radius 1 is 0.800 bits per heavy atom. The number of hydrogen-bond acceptors (Lipinski definition) is 6. The van der Waals surface area contributed by atoms with E-state index in [1.165, 1.54) is 0 Å². The first-order valence-electron chi connectivity index (χ1n) is 13.6. The SMILES string of the molecule is CC(C)(CCCCC(CCCC(C)(C)COC1CCCCO1)OP(=O)(O)O)COC1CCCCO1. The van der Waals surface area contributed by atoms with Gasteiger partial charge in [0.15, 0.2) is 12.6 Å². The van der Waals surface area contributed by atoms with Crippen LogP contribution in [0, 0.1) is 10.8 Å². The average molecular weight is 523 g/mol. The van der Waals surface area contributed by atoms with Gasteiger partial charge in [-0.05, 0) is 75.0 Å². The summed E-state index contributed by atoms with van der Waals surface area (Å²) in [5.41, 5.74) is 0.00599. The molecule has 0 saturated carbocycles. The first-order valence-corrected chi connectivity index (χ1v) is 15.2. The van der Waals surface area contributed by atoms with Gasteiger partial charge in [-0.25, -0.2) is 4.57 Å². The highest BCUT2D eigenvalue weighted by Crippen LogP contribution is 2.40. The molecule has 0 aromatic carbocycles. The molecule has 0 aromatic heterocycles. The van der Waals surface area contributed by atoms with Gasteiger partial charge in [-0.3, -0.25) is 4.52 Å². The third kappa shape index (κ3) is 15.1. The summed E-state index contributed by atoms with van der Waals surface area (Å²) in [5.74, 6) is 0. The fourth-order valence-electron chi connectivity index (χ4n) is 4.69. The van der Waals surface area contributed by atoms with Crippen LogP contribution in [0.2, 0.25) is 0 Å². The topological polar surface area (TPSA) is 104 Å². The molecule has 2 aliphatic rings. The van der Waals surface area contributed by atoms with Gasteiger partial charge in [-0.2, -0.15) is 0 Å². The van der Waals surface area contributed by atoms with Gasteiger partial charge in [0, 0.05) is 13.2 Å². The lowest BCUT2D eigenvalue weighted by Gasteiger charge is -2.30. The Balaban J connectivity index is 1.67. The summed E-state index contributed by atoms with van der Waals surface area (Å²) in [6, 6.07) is 0. The van der Waals surface area contributed by atoms with Gasteiger partial charge in [0.25, 0.3) is 0 Å². The maximum absolute atomic E-state index is 11.5. The molecule has 35 heavy (non-hydrogen) atoms. The van der Waals surface area contributed by atoms with E-state index in [0.29, 0.717) is 26.1 Å². The fourth-order valence-corrected chi connectivity index (χ4v) is 5.29. The molecule has 0 bridgehead atoms. The molecule has 9 heteroatoms. The maximum Gasteiger partial charge on any atom is 0.469 e. The van der Waals surface area contributed by atoms with Gasteiger partial charge in [-0.1, -0.05) is 47.0 Å². The molecular formula is C26H51O8P. The summed E-state index contributed by atoms with van der Waals surface area (Å²) >= 11 is 0. The van der Waals surface area contributed by atoms with E-state index in [0.717, 1.165) is 83.8 Å². The van der Waals surface area contributed by atoms with E-state index < -0.39 is 13.9 Å². The van der Waals surface area contributed by atoms with Gasteiger partial charge in [0.2, 0.25) is 0 Å². The molecule has 2 rings (SSSR count). The van der Waals surface area contributed by atoms with Gasteiger partial charge in [0.1, 0.15) is 0 Å². The van der Waals surface area contributed by atoms with Crippen LogP contribution in [0.1, 0.15) is 111 Å². The number of phosphoric acid groups is 1. The van der Waals surface area contributed by atoms with Crippen molar-refractivity contribution < 1.29 is 37.8 Å². The Labute approximate surface area is 213 Å². The summed E-state index contributed by atoms with van der Waals surface area (Å²) in [5, 5.41) is 0. The van der Waals surface area contributed by atoms with Crippen LogP contribution in [0.15, 0.2) is 0 Å². The highest BCUT2D eigenvalue weighted by Gasteiger charge is 2.26. The van der Waals surface area contributed by atoms with Crippen LogP contribution in [-0.4, -0.2) is 54.9 Å². The second-order valence-corrected chi connectivity index (χ2v) is 13.1. The summed E-state index contributed by atoms with van der Waals surface area (Å²) in [7, 11) is -4.52. The Morgan fingerprint density at radius 3 is 1.74 bits per heavy atom. The number of rotatable bonds is 17. The van der Waals surface area contributed by atoms with Gasteiger partial charge >= 0.3 is 7.82 Å². The van der Waals surface area contributed by atoms with Crippen LogP contribution in [0.4, 0.5) is 0 Å². The molecule has 208 valence electrons. The molecule has 0 aliphatic carbocycles. The van der Waals surface area contributed by atoms with Crippen molar-refractivity contribution >= 4 is 7.82 Å². The molecular weight excluding hydrogens is 471 g/mol. The summed E-state index contributed by atoms with van der Waals surface area (Å²) in [6.07, 6.45) is 11.6. The largest absolute Gasteiger partial charge is 0.469 e. The molecule has 0 radical (unpaired) electrons. The second-order valence-electron chi connectivity index (χ2n) is 11.9. The zero-order chi connectivity index (χ0) is 25.8. The molecule has 2 aliphatic heterocycles. The molecule has 0 amide bonds. The number of hydrogen-bond donors (Lipinski definition) is 2. The Bertz CT molecular complexity index is 608. The Kier molecular flexibility index (Phi) is 13.7. The minimum absolute atomic E-state index is 0.0282. The smallest absolute Gasteiger partial charge is 0.353 e. The molecule has 3 unspecified atom stereocenters. The first-order chi connectivity index (χ1) is 16.4. The molecule has 8 nitrogen and oxygen atoms in total. The highest BCUT2D eigenvalue weighted by atomic mass is 31.2. The van der Waals surface area contributed by atoms with Gasteiger partial charge in [-0.15, -0.1) is 0 Å². The molecule has 0 aromatic rings. The van der Waals surface area contributed by atoms with E-state index in [4.69, 9.17) is 23.5 Å². The number of phosphoric ester groups is 1. The molecule has 3 atom stereocenters. The van der Waals surface area contributed by atoms with E-state index in [1.807, 2.05) is 0 Å². The highest BCUT2D eigenvalue weighted by molar-refractivity contribution is 7.46. The fraction of sp³-hybridized carbons (Fsp3) is 1.00. The average Bonchev–Trinajstić information content (AvgIpc) is 2.79. The standard InChI is InChI=1S/C26H51O8P/c1-25(2,20-32-23-14-6-9-18-30-23)16-8-5-12-22(34-35(27,28)29)13-11-17-26(3,4)21-33-24-15-7-10-19-31-24/h22-24H,5-21H2,1-4H3,(H2,27,28,29). The lowest BCUT2D eigenvalue weighted by molar-refractivity contribution is -0.177.